The zero-order valence-electron chi connectivity index (χ0n) is 9.76. The summed E-state index contributed by atoms with van der Waals surface area (Å²) in [6.45, 7) is 0. The summed E-state index contributed by atoms with van der Waals surface area (Å²) in [6.07, 6.45) is 1.97. The van der Waals surface area contributed by atoms with Gasteiger partial charge in [-0.05, 0) is 31.0 Å². The molecular weight excluding hydrogens is 276 g/mol. The Morgan fingerprint density at radius 2 is 2.06 bits per heavy atom. The predicted octanol–water partition coefficient (Wildman–Crippen LogP) is 1.22. The lowest BCUT2D eigenvalue weighted by atomic mass is 10.2. The maximum Gasteiger partial charge on any atom is 0.253 e. The molecule has 0 spiro atoms. The molecule has 0 unspecified atom stereocenters. The smallest absolute Gasteiger partial charge is 0.253 e. The van der Waals surface area contributed by atoms with Crippen LogP contribution >= 0.6 is 11.6 Å². The van der Waals surface area contributed by atoms with Gasteiger partial charge in [-0.15, -0.1) is 0 Å². The molecule has 1 aliphatic rings. The van der Waals surface area contributed by atoms with Crippen LogP contribution in [0.4, 0.5) is 0 Å². The van der Waals surface area contributed by atoms with Crippen molar-refractivity contribution in [3.05, 3.63) is 28.8 Å². The van der Waals surface area contributed by atoms with Crippen LogP contribution < -0.4 is 5.14 Å². The molecule has 0 aliphatic heterocycles. The second-order valence-corrected chi connectivity index (χ2v) is 6.27. The normalized spacial score (nSPS) is 15.5. The number of hydrogen-bond acceptors (Lipinski definition) is 3. The first-order valence-electron chi connectivity index (χ1n) is 5.40. The Morgan fingerprint density at radius 3 is 2.56 bits per heavy atom. The van der Waals surface area contributed by atoms with E-state index in [4.69, 9.17) is 16.7 Å². The molecule has 2 rings (SSSR count). The SMILES string of the molecule is CN(C(=O)c1ccc(Cl)c(S(N)(=O)=O)c1)C1CC1. The van der Waals surface area contributed by atoms with Crippen molar-refractivity contribution in [2.45, 2.75) is 23.8 Å². The van der Waals surface area contributed by atoms with Crippen LogP contribution in [0.1, 0.15) is 23.2 Å². The van der Waals surface area contributed by atoms with E-state index in [9.17, 15) is 13.2 Å². The van der Waals surface area contributed by atoms with Gasteiger partial charge in [0.1, 0.15) is 4.90 Å². The highest BCUT2D eigenvalue weighted by Gasteiger charge is 2.30. The van der Waals surface area contributed by atoms with Crippen molar-refractivity contribution in [2.24, 2.45) is 5.14 Å². The van der Waals surface area contributed by atoms with Gasteiger partial charge in [0.2, 0.25) is 10.0 Å². The van der Waals surface area contributed by atoms with Crippen LogP contribution in [0.5, 0.6) is 0 Å². The van der Waals surface area contributed by atoms with E-state index >= 15 is 0 Å². The van der Waals surface area contributed by atoms with Gasteiger partial charge in [0.15, 0.2) is 0 Å². The lowest BCUT2D eigenvalue weighted by Crippen LogP contribution is -2.29. The number of rotatable bonds is 3. The van der Waals surface area contributed by atoms with Crippen molar-refractivity contribution in [1.82, 2.24) is 4.90 Å². The fraction of sp³-hybridized carbons (Fsp3) is 0.364. The zero-order valence-corrected chi connectivity index (χ0v) is 11.3. The standard InChI is InChI=1S/C11H13ClN2O3S/c1-14(8-3-4-8)11(15)7-2-5-9(12)10(6-7)18(13,16)17/h2,5-6,8H,3-4H2,1H3,(H2,13,16,17). The van der Waals surface area contributed by atoms with Gasteiger partial charge in [-0.25, -0.2) is 13.6 Å². The van der Waals surface area contributed by atoms with Gasteiger partial charge in [0, 0.05) is 18.7 Å². The molecule has 0 bridgehead atoms. The molecule has 98 valence electrons. The highest BCUT2D eigenvalue weighted by atomic mass is 35.5. The van der Waals surface area contributed by atoms with E-state index in [2.05, 4.69) is 0 Å². The van der Waals surface area contributed by atoms with Crippen LogP contribution in [0, 0.1) is 0 Å². The van der Waals surface area contributed by atoms with Gasteiger partial charge >= 0.3 is 0 Å². The third kappa shape index (κ3) is 2.66. The molecule has 1 aliphatic carbocycles. The van der Waals surface area contributed by atoms with E-state index in [1.807, 2.05) is 0 Å². The minimum Gasteiger partial charge on any atom is -0.339 e. The number of sulfonamides is 1. The van der Waals surface area contributed by atoms with Crippen LogP contribution in [0.25, 0.3) is 0 Å². The van der Waals surface area contributed by atoms with E-state index < -0.39 is 10.0 Å². The van der Waals surface area contributed by atoms with Crippen molar-refractivity contribution >= 4 is 27.5 Å². The summed E-state index contributed by atoms with van der Waals surface area (Å²) >= 11 is 5.76. The number of nitrogens with zero attached hydrogens (tertiary/aromatic N) is 1. The highest BCUT2D eigenvalue weighted by Crippen LogP contribution is 2.28. The molecule has 0 heterocycles. The Morgan fingerprint density at radius 1 is 1.44 bits per heavy atom. The van der Waals surface area contributed by atoms with Gasteiger partial charge in [-0.3, -0.25) is 4.79 Å². The quantitative estimate of drug-likeness (QED) is 0.908. The number of carbonyl (C=O) groups is 1. The number of carbonyl (C=O) groups excluding carboxylic acids is 1. The molecule has 2 N–H and O–H groups in total. The van der Waals surface area contributed by atoms with Crippen molar-refractivity contribution in [3.63, 3.8) is 0 Å². The first-order chi connectivity index (χ1) is 8.30. The van der Waals surface area contributed by atoms with Crippen LogP contribution in [-0.4, -0.2) is 32.3 Å². The van der Waals surface area contributed by atoms with E-state index in [0.29, 0.717) is 0 Å². The van der Waals surface area contributed by atoms with Crippen LogP contribution in [-0.2, 0) is 10.0 Å². The fourth-order valence-electron chi connectivity index (χ4n) is 1.69. The zero-order chi connectivity index (χ0) is 13.5. The second kappa shape index (κ2) is 4.53. The van der Waals surface area contributed by atoms with Crippen LogP contribution in [0.15, 0.2) is 23.1 Å². The molecule has 0 saturated heterocycles. The number of halogens is 1. The number of nitrogens with two attached hydrogens (primary N) is 1. The summed E-state index contributed by atoms with van der Waals surface area (Å²) in [5.74, 6) is -0.223. The third-order valence-electron chi connectivity index (χ3n) is 2.90. The molecule has 0 radical (unpaired) electrons. The second-order valence-electron chi connectivity index (χ2n) is 4.34. The molecule has 1 aromatic carbocycles. The van der Waals surface area contributed by atoms with Gasteiger partial charge < -0.3 is 4.90 Å². The molecule has 0 aromatic heterocycles. The van der Waals surface area contributed by atoms with Gasteiger partial charge in [-0.1, -0.05) is 11.6 Å². The lowest BCUT2D eigenvalue weighted by Gasteiger charge is -2.16. The Labute approximate surface area is 111 Å². The van der Waals surface area contributed by atoms with Crippen molar-refractivity contribution in [3.8, 4) is 0 Å². The Balaban J connectivity index is 2.38. The molecule has 18 heavy (non-hydrogen) atoms. The summed E-state index contributed by atoms with van der Waals surface area (Å²) < 4.78 is 22.6. The number of hydrogen-bond donors (Lipinski definition) is 1. The summed E-state index contributed by atoms with van der Waals surface area (Å²) in [7, 11) is -2.22. The maximum atomic E-state index is 12.1. The Bertz CT molecular complexity index is 596. The minimum atomic E-state index is -3.92. The number of primary sulfonamides is 1. The summed E-state index contributed by atoms with van der Waals surface area (Å²) in [5.41, 5.74) is 0.276. The van der Waals surface area contributed by atoms with Crippen LogP contribution in [0.3, 0.4) is 0 Å². The number of benzene rings is 1. The lowest BCUT2D eigenvalue weighted by molar-refractivity contribution is 0.0785. The Kier molecular flexibility index (Phi) is 3.35. The molecule has 0 atom stereocenters. The summed E-state index contributed by atoms with van der Waals surface area (Å²) in [6, 6.07) is 4.35. The van der Waals surface area contributed by atoms with Crippen LogP contribution in [0.2, 0.25) is 5.02 Å². The molecule has 1 amide bonds. The topological polar surface area (TPSA) is 80.5 Å². The van der Waals surface area contributed by atoms with E-state index in [1.165, 1.54) is 18.2 Å². The molecule has 7 heteroatoms. The molecule has 1 fully saturated rings. The van der Waals surface area contributed by atoms with Gasteiger partial charge in [0.25, 0.3) is 5.91 Å². The summed E-state index contributed by atoms with van der Waals surface area (Å²) in [4.78, 5) is 13.4. The fourth-order valence-corrected chi connectivity index (χ4v) is 2.76. The third-order valence-corrected chi connectivity index (χ3v) is 4.29. The minimum absolute atomic E-state index is 0.0168. The molecule has 5 nitrogen and oxygen atoms in total. The molecule has 1 aromatic rings. The average Bonchev–Trinajstić information content (AvgIpc) is 3.10. The van der Waals surface area contributed by atoms with Gasteiger partial charge in [0.05, 0.1) is 5.02 Å². The monoisotopic (exact) mass is 288 g/mol. The van der Waals surface area contributed by atoms with Crippen molar-refractivity contribution < 1.29 is 13.2 Å². The Hall–Kier alpha value is -1.11. The first-order valence-corrected chi connectivity index (χ1v) is 7.32. The molecular formula is C11H13ClN2O3S. The van der Waals surface area contributed by atoms with Gasteiger partial charge in [-0.2, -0.15) is 0 Å². The van der Waals surface area contributed by atoms with E-state index in [1.54, 1.807) is 11.9 Å². The van der Waals surface area contributed by atoms with E-state index in [-0.39, 0.29) is 27.4 Å². The van der Waals surface area contributed by atoms with E-state index in [0.717, 1.165) is 12.8 Å². The summed E-state index contributed by atoms with van der Waals surface area (Å²) in [5, 5.41) is 5.05. The molecule has 1 saturated carbocycles. The maximum absolute atomic E-state index is 12.1. The largest absolute Gasteiger partial charge is 0.339 e. The highest BCUT2D eigenvalue weighted by molar-refractivity contribution is 7.89. The first kappa shape index (κ1) is 13.3. The van der Waals surface area contributed by atoms with Crippen molar-refractivity contribution in [2.75, 3.05) is 7.05 Å². The number of amides is 1. The average molecular weight is 289 g/mol. The van der Waals surface area contributed by atoms with Crippen molar-refractivity contribution in [1.29, 1.82) is 0 Å². The predicted molar refractivity (Wildman–Crippen MR) is 67.9 cm³/mol.